The fourth-order valence-corrected chi connectivity index (χ4v) is 3.92. The number of hydrogen-bond donors (Lipinski definition) is 1. The summed E-state index contributed by atoms with van der Waals surface area (Å²) in [6.07, 6.45) is 2.86. The van der Waals surface area contributed by atoms with Crippen molar-refractivity contribution in [2.75, 3.05) is 7.11 Å². The number of aliphatic hydroxyl groups is 1. The zero-order chi connectivity index (χ0) is 18.2. The van der Waals surface area contributed by atoms with E-state index in [-0.39, 0.29) is 18.6 Å². The summed E-state index contributed by atoms with van der Waals surface area (Å²) in [5.41, 5.74) is -0.0627. The Hall–Kier alpha value is -2.41. The summed E-state index contributed by atoms with van der Waals surface area (Å²) in [7, 11) is 1.20. The molecule has 1 fully saturated rings. The smallest absolute Gasteiger partial charge is 0.373 e. The third kappa shape index (κ3) is 2.59. The molecule has 3 atom stereocenters. The van der Waals surface area contributed by atoms with E-state index in [1.807, 2.05) is 19.1 Å². The summed E-state index contributed by atoms with van der Waals surface area (Å²) in [4.78, 5) is 23.7. The number of carbonyl (C=O) groups is 1. The number of nitrogens with zero attached hydrogens (tertiary/aromatic N) is 1. The SMILES string of the molecule is COC(=O)C1=C[C@H](c2ccc(C)cc2)[C@]2([N+](=O)[O-])CCCC[C@]2(O)O1. The molecule has 1 heterocycles. The molecular formula is C18H21NO6. The van der Waals surface area contributed by atoms with Gasteiger partial charge in [-0.05, 0) is 31.4 Å². The maximum absolute atomic E-state index is 12.1. The molecule has 0 aromatic heterocycles. The topological polar surface area (TPSA) is 98.9 Å². The van der Waals surface area contributed by atoms with Gasteiger partial charge < -0.3 is 14.6 Å². The van der Waals surface area contributed by atoms with Gasteiger partial charge in [0.15, 0.2) is 0 Å². The van der Waals surface area contributed by atoms with E-state index in [1.54, 1.807) is 12.1 Å². The van der Waals surface area contributed by atoms with Gasteiger partial charge in [0, 0.05) is 17.8 Å². The van der Waals surface area contributed by atoms with Gasteiger partial charge in [-0.2, -0.15) is 0 Å². The molecule has 2 aliphatic rings. The highest BCUT2D eigenvalue weighted by Crippen LogP contribution is 2.53. The van der Waals surface area contributed by atoms with Gasteiger partial charge in [-0.25, -0.2) is 4.79 Å². The van der Waals surface area contributed by atoms with Crippen LogP contribution in [0.15, 0.2) is 36.1 Å². The first-order valence-corrected chi connectivity index (χ1v) is 8.26. The standard InChI is InChI=1S/C18H21NO6/c1-12-5-7-13(8-6-12)14-11-15(16(20)24-2)25-18(21)10-4-3-9-17(14,18)19(22)23/h5-8,11,14,21H,3-4,9-10H2,1-2H3/t14-,17-,18+/m1/s1. The lowest BCUT2D eigenvalue weighted by molar-refractivity contribution is -0.623. The Morgan fingerprint density at radius 1 is 1.32 bits per heavy atom. The van der Waals surface area contributed by atoms with E-state index in [9.17, 15) is 20.0 Å². The van der Waals surface area contributed by atoms with Crippen LogP contribution in [0.4, 0.5) is 0 Å². The average Bonchev–Trinajstić information content (AvgIpc) is 2.59. The largest absolute Gasteiger partial charge is 0.463 e. The van der Waals surface area contributed by atoms with Crippen LogP contribution >= 0.6 is 0 Å². The molecule has 7 nitrogen and oxygen atoms in total. The summed E-state index contributed by atoms with van der Waals surface area (Å²) >= 11 is 0. The van der Waals surface area contributed by atoms with E-state index in [2.05, 4.69) is 0 Å². The van der Waals surface area contributed by atoms with E-state index in [4.69, 9.17) is 9.47 Å². The Balaban J connectivity index is 2.21. The molecule has 1 aliphatic heterocycles. The molecule has 25 heavy (non-hydrogen) atoms. The molecule has 1 aliphatic carbocycles. The molecule has 1 N–H and O–H groups in total. The third-order valence-corrected chi connectivity index (χ3v) is 5.26. The second-order valence-electron chi connectivity index (χ2n) is 6.69. The maximum Gasteiger partial charge on any atom is 0.373 e. The second kappa shape index (κ2) is 6.15. The molecule has 1 aromatic rings. The zero-order valence-corrected chi connectivity index (χ0v) is 14.2. The maximum atomic E-state index is 12.1. The van der Waals surface area contributed by atoms with Gasteiger partial charge in [0.1, 0.15) is 0 Å². The first-order valence-electron chi connectivity index (χ1n) is 8.26. The van der Waals surface area contributed by atoms with Gasteiger partial charge >= 0.3 is 5.97 Å². The quantitative estimate of drug-likeness (QED) is 0.512. The fourth-order valence-electron chi connectivity index (χ4n) is 3.92. The molecule has 0 saturated heterocycles. The normalized spacial score (nSPS) is 31.3. The fraction of sp³-hybridized carbons (Fsp3) is 0.500. The summed E-state index contributed by atoms with van der Waals surface area (Å²) in [5, 5.41) is 23.2. The van der Waals surface area contributed by atoms with Gasteiger partial charge in [-0.15, -0.1) is 0 Å². The minimum atomic E-state index is -2.05. The van der Waals surface area contributed by atoms with Crippen LogP contribution in [0, 0.1) is 17.0 Å². The highest BCUT2D eigenvalue weighted by atomic mass is 16.7. The molecule has 1 aromatic carbocycles. The third-order valence-electron chi connectivity index (χ3n) is 5.26. The first-order chi connectivity index (χ1) is 11.8. The van der Waals surface area contributed by atoms with E-state index in [0.29, 0.717) is 18.4 Å². The molecule has 0 spiro atoms. The average molecular weight is 347 g/mol. The number of methoxy groups -OCH3 is 1. The van der Waals surface area contributed by atoms with Crippen molar-refractivity contribution >= 4 is 5.97 Å². The summed E-state index contributed by atoms with van der Waals surface area (Å²) in [6.45, 7) is 1.92. The number of carbonyl (C=O) groups excluding carboxylic acids is 1. The number of fused-ring (bicyclic) bond motifs is 1. The minimum Gasteiger partial charge on any atom is -0.463 e. The lowest BCUT2D eigenvalue weighted by Gasteiger charge is -2.48. The van der Waals surface area contributed by atoms with Gasteiger partial charge in [0.2, 0.25) is 5.76 Å². The first kappa shape index (κ1) is 17.4. The Kier molecular flexibility index (Phi) is 4.28. The van der Waals surface area contributed by atoms with Crippen molar-refractivity contribution in [3.8, 4) is 0 Å². The number of nitro groups is 1. The van der Waals surface area contributed by atoms with Crippen LogP contribution < -0.4 is 0 Å². The van der Waals surface area contributed by atoms with Crippen LogP contribution in [0.2, 0.25) is 0 Å². The lowest BCUT2D eigenvalue weighted by Crippen LogP contribution is -2.67. The van der Waals surface area contributed by atoms with Crippen LogP contribution in [-0.4, -0.2) is 34.4 Å². The number of ether oxygens (including phenoxy) is 2. The van der Waals surface area contributed by atoms with Crippen molar-refractivity contribution in [1.29, 1.82) is 0 Å². The molecule has 134 valence electrons. The molecule has 0 bridgehead atoms. The van der Waals surface area contributed by atoms with Crippen LogP contribution in [0.25, 0.3) is 0 Å². The predicted octanol–water partition coefficient (Wildman–Crippen LogP) is 2.44. The second-order valence-corrected chi connectivity index (χ2v) is 6.69. The van der Waals surface area contributed by atoms with Crippen LogP contribution in [0.1, 0.15) is 42.7 Å². The highest BCUT2D eigenvalue weighted by molar-refractivity contribution is 5.86. The van der Waals surface area contributed by atoms with Gasteiger partial charge in [-0.1, -0.05) is 29.8 Å². The molecule has 7 heteroatoms. The molecule has 0 unspecified atom stereocenters. The molecule has 0 amide bonds. The molecule has 0 radical (unpaired) electrons. The minimum absolute atomic E-state index is 0.0880. The van der Waals surface area contributed by atoms with Crippen molar-refractivity contribution in [2.24, 2.45) is 0 Å². The van der Waals surface area contributed by atoms with Gasteiger partial charge in [0.25, 0.3) is 11.3 Å². The van der Waals surface area contributed by atoms with Crippen LogP contribution in [-0.2, 0) is 14.3 Å². The Bertz CT molecular complexity index is 728. The van der Waals surface area contributed by atoms with Crippen LogP contribution in [0.5, 0.6) is 0 Å². The number of rotatable bonds is 3. The van der Waals surface area contributed by atoms with Crippen molar-refractivity contribution in [3.63, 3.8) is 0 Å². The van der Waals surface area contributed by atoms with Crippen molar-refractivity contribution in [2.45, 2.75) is 49.9 Å². The monoisotopic (exact) mass is 347 g/mol. The highest BCUT2D eigenvalue weighted by Gasteiger charge is 2.70. The van der Waals surface area contributed by atoms with Crippen molar-refractivity contribution < 1.29 is 24.3 Å². The summed E-state index contributed by atoms with van der Waals surface area (Å²) < 4.78 is 10.2. The van der Waals surface area contributed by atoms with Crippen molar-refractivity contribution in [1.82, 2.24) is 0 Å². The van der Waals surface area contributed by atoms with E-state index in [1.165, 1.54) is 13.2 Å². The Morgan fingerprint density at radius 2 is 1.96 bits per heavy atom. The van der Waals surface area contributed by atoms with E-state index < -0.39 is 28.1 Å². The summed E-state index contributed by atoms with van der Waals surface area (Å²) in [5.74, 6) is -3.79. The number of aryl methyl sites for hydroxylation is 1. The Labute approximate surface area is 145 Å². The molecular weight excluding hydrogens is 326 g/mol. The van der Waals surface area contributed by atoms with E-state index in [0.717, 1.165) is 5.56 Å². The Morgan fingerprint density at radius 3 is 2.56 bits per heavy atom. The number of hydrogen-bond acceptors (Lipinski definition) is 6. The van der Waals surface area contributed by atoms with Gasteiger partial charge in [0.05, 0.1) is 13.0 Å². The molecule has 1 saturated carbocycles. The van der Waals surface area contributed by atoms with Crippen molar-refractivity contribution in [3.05, 3.63) is 57.3 Å². The zero-order valence-electron chi connectivity index (χ0n) is 14.2. The van der Waals surface area contributed by atoms with Gasteiger partial charge in [-0.3, -0.25) is 10.1 Å². The summed E-state index contributed by atoms with van der Waals surface area (Å²) in [6, 6.07) is 7.28. The number of esters is 1. The van der Waals surface area contributed by atoms with E-state index >= 15 is 0 Å². The van der Waals surface area contributed by atoms with Crippen LogP contribution in [0.3, 0.4) is 0 Å². The predicted molar refractivity (Wildman–Crippen MR) is 88.2 cm³/mol. The molecule has 3 rings (SSSR count). The lowest BCUT2D eigenvalue weighted by atomic mass is 9.65. The number of benzene rings is 1.